The predicted molar refractivity (Wildman–Crippen MR) is 210 cm³/mol. The van der Waals surface area contributed by atoms with E-state index >= 15 is 0 Å². The molecule has 0 aromatic heterocycles. The van der Waals surface area contributed by atoms with Crippen LogP contribution in [0, 0.1) is 23.2 Å². The van der Waals surface area contributed by atoms with E-state index in [2.05, 4.69) is 126 Å². The van der Waals surface area contributed by atoms with Gasteiger partial charge >= 0.3 is 0 Å². The molecule has 3 aliphatic carbocycles. The number of allylic oxidation sites excluding steroid dienone is 6. The van der Waals surface area contributed by atoms with E-state index in [1.807, 2.05) is 6.08 Å². The SMILES string of the molecule is C=C1/C(=C\C=C2/CCC[C@]3(C)[C@@H]([C@H](C)/C=C/C=C/C(O)(CC)CC)CC[C@@H]23)C[C@@H](O[Si](C)(C)C(C)(C)C)C[C@@H]1O[Si](C)(C)C(C)(C)C. The number of fused-ring (bicyclic) bond motifs is 1. The quantitative estimate of drug-likeness (QED) is 0.174. The first-order chi connectivity index (χ1) is 21.5. The van der Waals surface area contributed by atoms with Crippen LogP contribution in [0.1, 0.15) is 127 Å². The van der Waals surface area contributed by atoms with Gasteiger partial charge in [-0.1, -0.05) is 118 Å². The van der Waals surface area contributed by atoms with Gasteiger partial charge in [-0.2, -0.15) is 0 Å². The second-order valence-electron chi connectivity index (χ2n) is 18.8. The van der Waals surface area contributed by atoms with E-state index in [4.69, 9.17) is 15.4 Å². The average molecular weight is 683 g/mol. The molecule has 6 atom stereocenters. The molecule has 3 rings (SSSR count). The van der Waals surface area contributed by atoms with Gasteiger partial charge in [0.1, 0.15) is 0 Å². The third-order valence-electron chi connectivity index (χ3n) is 13.6. The molecular weight excluding hydrogens is 609 g/mol. The highest BCUT2D eigenvalue weighted by atomic mass is 28.4. The Bertz CT molecular complexity index is 1200. The van der Waals surface area contributed by atoms with Crippen molar-refractivity contribution in [3.05, 3.63) is 59.8 Å². The van der Waals surface area contributed by atoms with E-state index in [9.17, 15) is 5.11 Å². The second-order valence-corrected chi connectivity index (χ2v) is 28.3. The minimum Gasteiger partial charge on any atom is -0.413 e. The van der Waals surface area contributed by atoms with Crippen LogP contribution in [0.2, 0.25) is 36.3 Å². The summed E-state index contributed by atoms with van der Waals surface area (Å²) >= 11 is 0. The van der Waals surface area contributed by atoms with E-state index in [1.165, 1.54) is 43.3 Å². The van der Waals surface area contributed by atoms with Gasteiger partial charge in [-0.05, 0) is 122 Å². The summed E-state index contributed by atoms with van der Waals surface area (Å²) in [5.74, 6) is 1.84. The molecule has 3 aliphatic rings. The molecule has 0 aromatic rings. The zero-order valence-electron chi connectivity index (χ0n) is 33.2. The molecule has 0 spiro atoms. The fourth-order valence-corrected chi connectivity index (χ4v) is 10.7. The van der Waals surface area contributed by atoms with Gasteiger partial charge in [-0.25, -0.2) is 0 Å². The monoisotopic (exact) mass is 683 g/mol. The maximum Gasteiger partial charge on any atom is 0.192 e. The maximum atomic E-state index is 10.6. The normalized spacial score (nSPS) is 31.0. The van der Waals surface area contributed by atoms with Crippen LogP contribution >= 0.6 is 0 Å². The molecule has 0 aliphatic heterocycles. The molecule has 0 bridgehead atoms. The summed E-state index contributed by atoms with van der Waals surface area (Å²) in [6.45, 7) is 37.3. The van der Waals surface area contributed by atoms with Crippen molar-refractivity contribution in [1.29, 1.82) is 0 Å². The van der Waals surface area contributed by atoms with E-state index in [1.54, 1.807) is 5.57 Å². The molecule has 0 amide bonds. The highest BCUT2D eigenvalue weighted by Gasteiger charge is 2.50. The van der Waals surface area contributed by atoms with Crippen molar-refractivity contribution in [1.82, 2.24) is 0 Å². The number of aliphatic hydroxyl groups is 1. The van der Waals surface area contributed by atoms with Crippen molar-refractivity contribution in [2.45, 2.75) is 181 Å². The smallest absolute Gasteiger partial charge is 0.192 e. The van der Waals surface area contributed by atoms with E-state index in [0.29, 0.717) is 23.2 Å². The van der Waals surface area contributed by atoms with Crippen LogP contribution in [0.5, 0.6) is 0 Å². The molecule has 0 saturated heterocycles. The Balaban J connectivity index is 1.87. The summed E-state index contributed by atoms with van der Waals surface area (Å²) in [7, 11) is -3.92. The van der Waals surface area contributed by atoms with Gasteiger partial charge in [0.15, 0.2) is 16.6 Å². The van der Waals surface area contributed by atoms with Gasteiger partial charge < -0.3 is 14.0 Å². The zero-order valence-corrected chi connectivity index (χ0v) is 35.2. The zero-order chi connectivity index (χ0) is 35.6. The molecular formula is C42H74O3Si2. The molecule has 1 N–H and O–H groups in total. The number of hydrogen-bond acceptors (Lipinski definition) is 3. The molecule has 0 unspecified atom stereocenters. The third-order valence-corrected chi connectivity index (χ3v) is 22.6. The third kappa shape index (κ3) is 9.42. The molecule has 0 heterocycles. The Kier molecular flexibility index (Phi) is 13.0. The highest BCUT2D eigenvalue weighted by molar-refractivity contribution is 6.74. The summed E-state index contributed by atoms with van der Waals surface area (Å²) in [5.41, 5.74) is 3.79. The van der Waals surface area contributed by atoms with Gasteiger partial charge in [-0.3, -0.25) is 0 Å². The van der Waals surface area contributed by atoms with Gasteiger partial charge in [0.25, 0.3) is 0 Å². The Morgan fingerprint density at radius 3 is 2.11 bits per heavy atom. The van der Waals surface area contributed by atoms with Gasteiger partial charge in [0, 0.05) is 6.42 Å². The lowest BCUT2D eigenvalue weighted by molar-refractivity contribution is 0.0828. The van der Waals surface area contributed by atoms with Crippen molar-refractivity contribution in [3.8, 4) is 0 Å². The Morgan fingerprint density at radius 1 is 0.936 bits per heavy atom. The highest BCUT2D eigenvalue weighted by Crippen LogP contribution is 2.59. The Hall–Kier alpha value is -0.986. The first kappa shape index (κ1) is 40.4. The fraction of sp³-hybridized carbons (Fsp3) is 0.762. The van der Waals surface area contributed by atoms with Crippen LogP contribution in [0.4, 0.5) is 0 Å². The van der Waals surface area contributed by atoms with Crippen LogP contribution in [0.15, 0.2) is 59.8 Å². The summed E-state index contributed by atoms with van der Waals surface area (Å²) in [6, 6.07) is 0. The molecule has 0 aromatic carbocycles. The fourth-order valence-electron chi connectivity index (χ4n) is 8.00. The first-order valence-electron chi connectivity index (χ1n) is 19.0. The van der Waals surface area contributed by atoms with E-state index in [-0.39, 0.29) is 22.3 Å². The first-order valence-corrected chi connectivity index (χ1v) is 24.8. The molecule has 47 heavy (non-hydrogen) atoms. The second kappa shape index (κ2) is 15.1. The van der Waals surface area contributed by atoms with Crippen molar-refractivity contribution in [2.75, 3.05) is 0 Å². The Labute approximate surface area is 293 Å². The van der Waals surface area contributed by atoms with Crippen molar-refractivity contribution in [2.24, 2.45) is 23.2 Å². The molecule has 3 nitrogen and oxygen atoms in total. The van der Waals surface area contributed by atoms with Crippen LogP contribution in [0.25, 0.3) is 0 Å². The van der Waals surface area contributed by atoms with Gasteiger partial charge in [0.05, 0.1) is 17.8 Å². The minimum absolute atomic E-state index is 0.0175. The van der Waals surface area contributed by atoms with E-state index in [0.717, 1.165) is 25.7 Å². The van der Waals surface area contributed by atoms with Crippen LogP contribution in [-0.2, 0) is 8.85 Å². The van der Waals surface area contributed by atoms with Gasteiger partial charge in [0.2, 0.25) is 0 Å². The maximum absolute atomic E-state index is 10.6. The van der Waals surface area contributed by atoms with Crippen molar-refractivity contribution in [3.63, 3.8) is 0 Å². The number of rotatable bonds is 11. The Morgan fingerprint density at radius 2 is 1.53 bits per heavy atom. The largest absolute Gasteiger partial charge is 0.413 e. The summed E-state index contributed by atoms with van der Waals surface area (Å²) in [6.07, 6.45) is 23.4. The molecule has 0 radical (unpaired) electrons. The lowest BCUT2D eigenvalue weighted by Crippen LogP contribution is -2.49. The molecule has 3 saturated carbocycles. The standard InChI is InChI=1S/C42H74O3Si2/c1-16-42(43,17-2)28-19-18-21-31(3)36-25-26-37-33(22-20-27-41(36,37)11)23-24-34-29-35(44-46(12,13)39(5,6)7)30-38(32(34)4)45-47(14,15)40(8,9)10/h18-19,21,23-24,28,31,35-38,43H,4,16-17,20,22,25-27,29-30H2,1-3,5-15H3/b21-18+,28-19+,33-23+,34-24-/t31-,35-,36-,37+,38+,41-/m1/s1. The lowest BCUT2D eigenvalue weighted by atomic mass is 9.61. The number of hydrogen-bond donors (Lipinski definition) is 1. The van der Waals surface area contributed by atoms with Crippen LogP contribution in [0.3, 0.4) is 0 Å². The van der Waals surface area contributed by atoms with Crippen LogP contribution < -0.4 is 0 Å². The van der Waals surface area contributed by atoms with E-state index < -0.39 is 22.2 Å². The average Bonchev–Trinajstić information content (AvgIpc) is 3.32. The lowest BCUT2D eigenvalue weighted by Gasteiger charge is -2.45. The van der Waals surface area contributed by atoms with Crippen molar-refractivity contribution < 1.29 is 14.0 Å². The molecule has 3 fully saturated rings. The molecule has 268 valence electrons. The van der Waals surface area contributed by atoms with Gasteiger partial charge in [-0.15, -0.1) is 0 Å². The van der Waals surface area contributed by atoms with Crippen molar-refractivity contribution >= 4 is 16.6 Å². The summed E-state index contributed by atoms with van der Waals surface area (Å²) in [4.78, 5) is 0. The minimum atomic E-state index is -1.99. The summed E-state index contributed by atoms with van der Waals surface area (Å²) < 4.78 is 14.2. The topological polar surface area (TPSA) is 38.7 Å². The predicted octanol–water partition coefficient (Wildman–Crippen LogP) is 12.5. The molecule has 5 heteroatoms. The summed E-state index contributed by atoms with van der Waals surface area (Å²) in [5, 5.41) is 11.0. The van der Waals surface area contributed by atoms with Crippen LogP contribution in [-0.4, -0.2) is 39.6 Å².